The monoisotopic (exact) mass is 281 g/mol. The van der Waals surface area contributed by atoms with E-state index in [0.717, 1.165) is 12.2 Å². The summed E-state index contributed by atoms with van der Waals surface area (Å²) in [5, 5.41) is 6.73. The number of hydrogen-bond acceptors (Lipinski definition) is 6. The highest BCUT2D eigenvalue weighted by Gasteiger charge is 2.08. The Bertz CT molecular complexity index is 361. The van der Waals surface area contributed by atoms with Crippen molar-refractivity contribution in [2.45, 2.75) is 19.8 Å². The highest BCUT2D eigenvalue weighted by molar-refractivity contribution is 8.76. The molecule has 0 aliphatic heterocycles. The largest absolute Gasteiger partial charge is 0.292 e. The highest BCUT2D eigenvalue weighted by atomic mass is 33.1. The number of rotatable bonds is 6. The predicted molar refractivity (Wildman–Crippen MR) is 69.7 cm³/mol. The number of carbonyl (C=O) groups is 1. The zero-order valence-corrected chi connectivity index (χ0v) is 11.4. The van der Waals surface area contributed by atoms with Crippen LogP contribution in [-0.4, -0.2) is 21.9 Å². The summed E-state index contributed by atoms with van der Waals surface area (Å²) in [5.41, 5.74) is 0. The average molecular weight is 281 g/mol. The Labute approximate surface area is 105 Å². The van der Waals surface area contributed by atoms with Gasteiger partial charge in [-0.15, -0.1) is 0 Å². The van der Waals surface area contributed by atoms with Crippen molar-refractivity contribution in [3.8, 4) is 0 Å². The lowest BCUT2D eigenvalue weighted by molar-refractivity contribution is 0.0984. The Balaban J connectivity index is 2.22. The van der Waals surface area contributed by atoms with Crippen molar-refractivity contribution >= 4 is 51.2 Å². The SMILES string of the molecule is CCCCSSNC(=O)c1n[nH]c(=S)s1. The standard InChI is InChI=1S/C7H11N3OS4/c1-2-3-4-13-15-10-5(11)6-8-9-7(12)14-6/h2-4H2,1H3,(H,9,12)(H,10,11). The third kappa shape index (κ3) is 5.01. The molecule has 2 N–H and O–H groups in total. The molecule has 0 spiro atoms. The maximum Gasteiger partial charge on any atom is 0.292 e. The van der Waals surface area contributed by atoms with Crippen LogP contribution in [0, 0.1) is 3.95 Å². The lowest BCUT2D eigenvalue weighted by Crippen LogP contribution is -2.14. The molecule has 0 aromatic carbocycles. The van der Waals surface area contributed by atoms with Gasteiger partial charge in [-0.3, -0.25) is 14.6 Å². The summed E-state index contributed by atoms with van der Waals surface area (Å²) in [7, 11) is 2.97. The number of hydrogen-bond donors (Lipinski definition) is 2. The third-order valence-electron chi connectivity index (χ3n) is 1.41. The normalized spacial score (nSPS) is 10.2. The van der Waals surface area contributed by atoms with E-state index in [1.807, 2.05) is 0 Å². The smallest absolute Gasteiger partial charge is 0.285 e. The molecule has 4 nitrogen and oxygen atoms in total. The topological polar surface area (TPSA) is 57.8 Å². The molecule has 0 aliphatic rings. The van der Waals surface area contributed by atoms with Crippen LogP contribution in [0.5, 0.6) is 0 Å². The predicted octanol–water partition coefficient (Wildman–Crippen LogP) is 3.03. The van der Waals surface area contributed by atoms with E-state index in [1.54, 1.807) is 10.8 Å². The van der Waals surface area contributed by atoms with Gasteiger partial charge < -0.3 is 0 Å². The third-order valence-corrected chi connectivity index (χ3v) is 4.44. The molecule has 8 heteroatoms. The van der Waals surface area contributed by atoms with Crippen molar-refractivity contribution in [3.05, 3.63) is 8.96 Å². The van der Waals surface area contributed by atoms with Crippen LogP contribution in [-0.2, 0) is 0 Å². The summed E-state index contributed by atoms with van der Waals surface area (Å²) in [6, 6.07) is 0. The quantitative estimate of drug-likeness (QED) is 0.363. The number of unbranched alkanes of at least 4 members (excludes halogenated alkanes) is 1. The number of nitrogens with one attached hydrogen (secondary N) is 2. The molecule has 0 fully saturated rings. The van der Waals surface area contributed by atoms with E-state index in [4.69, 9.17) is 12.2 Å². The molecule has 1 heterocycles. The fourth-order valence-electron chi connectivity index (χ4n) is 0.683. The van der Waals surface area contributed by atoms with Crippen LogP contribution in [0.4, 0.5) is 0 Å². The second-order valence-electron chi connectivity index (χ2n) is 2.61. The highest BCUT2D eigenvalue weighted by Crippen LogP contribution is 2.19. The summed E-state index contributed by atoms with van der Waals surface area (Å²) in [4.78, 5) is 11.4. The second-order valence-corrected chi connectivity index (χ2v) is 6.50. The van der Waals surface area contributed by atoms with E-state index in [0.29, 0.717) is 8.96 Å². The zero-order chi connectivity index (χ0) is 11.1. The Morgan fingerprint density at radius 2 is 2.53 bits per heavy atom. The van der Waals surface area contributed by atoms with Crippen molar-refractivity contribution in [1.29, 1.82) is 0 Å². The molecule has 0 radical (unpaired) electrons. The van der Waals surface area contributed by atoms with E-state index >= 15 is 0 Å². The lowest BCUT2D eigenvalue weighted by atomic mass is 10.4. The van der Waals surface area contributed by atoms with E-state index < -0.39 is 0 Å². The van der Waals surface area contributed by atoms with Crippen molar-refractivity contribution in [1.82, 2.24) is 14.9 Å². The van der Waals surface area contributed by atoms with E-state index in [1.165, 1.54) is 28.7 Å². The van der Waals surface area contributed by atoms with E-state index in [2.05, 4.69) is 21.8 Å². The molecule has 0 aliphatic carbocycles. The van der Waals surface area contributed by atoms with Crippen molar-refractivity contribution in [2.24, 2.45) is 0 Å². The van der Waals surface area contributed by atoms with E-state index in [-0.39, 0.29) is 5.91 Å². The lowest BCUT2D eigenvalue weighted by Gasteiger charge is -1.99. The summed E-state index contributed by atoms with van der Waals surface area (Å²) in [5.74, 6) is 0.846. The number of carbonyl (C=O) groups excluding carboxylic acids is 1. The summed E-state index contributed by atoms with van der Waals surface area (Å²) >= 11 is 6.01. The van der Waals surface area contributed by atoms with Crippen molar-refractivity contribution in [2.75, 3.05) is 5.75 Å². The Kier molecular flexibility index (Phi) is 6.30. The molecule has 0 unspecified atom stereocenters. The van der Waals surface area contributed by atoms with Crippen molar-refractivity contribution in [3.63, 3.8) is 0 Å². The van der Waals surface area contributed by atoms with Crippen LogP contribution in [0.25, 0.3) is 0 Å². The molecule has 1 aromatic heterocycles. The van der Waals surface area contributed by atoms with Gasteiger partial charge in [-0.2, -0.15) is 5.10 Å². The summed E-state index contributed by atoms with van der Waals surface area (Å²) in [6.45, 7) is 2.14. The summed E-state index contributed by atoms with van der Waals surface area (Å²) < 4.78 is 3.21. The zero-order valence-electron chi connectivity index (χ0n) is 8.11. The Morgan fingerprint density at radius 1 is 1.73 bits per heavy atom. The molecule has 84 valence electrons. The van der Waals surface area contributed by atoms with Gasteiger partial charge in [0.2, 0.25) is 5.01 Å². The molecule has 15 heavy (non-hydrogen) atoms. The molecular formula is C7H11N3OS4. The van der Waals surface area contributed by atoms with Gasteiger partial charge in [-0.1, -0.05) is 35.5 Å². The van der Waals surface area contributed by atoms with Gasteiger partial charge >= 0.3 is 0 Å². The van der Waals surface area contributed by atoms with Gasteiger partial charge in [-0.05, 0) is 18.6 Å². The Hall–Kier alpha value is -0.0500. The number of aromatic amines is 1. The fraction of sp³-hybridized carbons (Fsp3) is 0.571. The van der Waals surface area contributed by atoms with Crippen LogP contribution >= 0.6 is 45.3 Å². The van der Waals surface area contributed by atoms with Crippen LogP contribution in [0.15, 0.2) is 0 Å². The maximum atomic E-state index is 11.4. The molecule has 1 rings (SSSR count). The van der Waals surface area contributed by atoms with Crippen LogP contribution in [0.3, 0.4) is 0 Å². The molecule has 0 bridgehead atoms. The molecule has 0 saturated heterocycles. The van der Waals surface area contributed by atoms with Gasteiger partial charge in [-0.25, -0.2) is 0 Å². The van der Waals surface area contributed by atoms with Gasteiger partial charge in [0.05, 0.1) is 0 Å². The second kappa shape index (κ2) is 7.26. The first-order valence-corrected chi connectivity index (χ1v) is 7.92. The van der Waals surface area contributed by atoms with Crippen LogP contribution < -0.4 is 4.72 Å². The first-order chi connectivity index (χ1) is 7.24. The van der Waals surface area contributed by atoms with E-state index in [9.17, 15) is 4.79 Å². The first kappa shape index (κ1) is 13.0. The molecule has 1 amide bonds. The average Bonchev–Trinajstić information content (AvgIpc) is 2.64. The number of aromatic nitrogens is 2. The minimum Gasteiger partial charge on any atom is -0.285 e. The minimum absolute atomic E-state index is 0.193. The van der Waals surface area contributed by atoms with Gasteiger partial charge in [0, 0.05) is 16.7 Å². The molecular weight excluding hydrogens is 270 g/mol. The van der Waals surface area contributed by atoms with Gasteiger partial charge in [0.25, 0.3) is 5.91 Å². The minimum atomic E-state index is -0.193. The number of nitrogens with zero attached hydrogens (tertiary/aromatic N) is 1. The fourth-order valence-corrected chi connectivity index (χ4v) is 3.26. The number of H-pyrrole nitrogens is 1. The maximum absolute atomic E-state index is 11.4. The van der Waals surface area contributed by atoms with Gasteiger partial charge in [0.15, 0.2) is 3.95 Å². The van der Waals surface area contributed by atoms with Crippen LogP contribution in [0.1, 0.15) is 29.6 Å². The number of amides is 1. The van der Waals surface area contributed by atoms with Crippen molar-refractivity contribution < 1.29 is 4.79 Å². The molecule has 0 saturated carbocycles. The van der Waals surface area contributed by atoms with Gasteiger partial charge in [0.1, 0.15) is 0 Å². The first-order valence-electron chi connectivity index (χ1n) is 4.38. The Morgan fingerprint density at radius 3 is 3.13 bits per heavy atom. The summed E-state index contributed by atoms with van der Waals surface area (Å²) in [6.07, 6.45) is 2.33. The molecule has 0 atom stereocenters. The van der Waals surface area contributed by atoms with Crippen LogP contribution in [0.2, 0.25) is 0 Å². The molecule has 1 aromatic rings.